The third-order valence-corrected chi connectivity index (χ3v) is 5.31. The fraction of sp³-hybridized carbons (Fsp3) is 0.125. The monoisotopic (exact) mass is 417 g/mol. The first-order valence-corrected chi connectivity index (χ1v) is 9.92. The summed E-state index contributed by atoms with van der Waals surface area (Å²) in [6.45, 7) is 4.06. The standard InChI is InChI=1S/C24H20ClN3O2/c1-15-6-5-7-16(2)21(15)23-22(17-10-12-26-13-11-17)24(30-28-23)27-20(29)14-18-8-3-4-9-19(18)25/h3-13H,14H2,1-2H3,(H,27,29). The van der Waals surface area contributed by atoms with Crippen molar-refractivity contribution >= 4 is 23.4 Å². The quantitative estimate of drug-likeness (QED) is 0.442. The normalized spacial score (nSPS) is 10.8. The van der Waals surface area contributed by atoms with Crippen molar-refractivity contribution in [2.75, 3.05) is 5.32 Å². The number of aryl methyl sites for hydroxylation is 2. The van der Waals surface area contributed by atoms with Gasteiger partial charge in [-0.25, -0.2) is 0 Å². The van der Waals surface area contributed by atoms with E-state index in [4.69, 9.17) is 16.1 Å². The average molecular weight is 418 g/mol. The van der Waals surface area contributed by atoms with Crippen LogP contribution in [0.5, 0.6) is 0 Å². The maximum Gasteiger partial charge on any atom is 0.239 e. The molecule has 0 saturated carbocycles. The third kappa shape index (κ3) is 3.98. The predicted molar refractivity (Wildman–Crippen MR) is 118 cm³/mol. The largest absolute Gasteiger partial charge is 0.337 e. The second kappa shape index (κ2) is 8.51. The van der Waals surface area contributed by atoms with E-state index in [-0.39, 0.29) is 12.3 Å². The molecule has 4 aromatic rings. The highest BCUT2D eigenvalue weighted by molar-refractivity contribution is 6.31. The minimum absolute atomic E-state index is 0.134. The lowest BCUT2D eigenvalue weighted by Gasteiger charge is -2.10. The first-order valence-electron chi connectivity index (χ1n) is 9.54. The number of nitrogens with zero attached hydrogens (tertiary/aromatic N) is 2. The van der Waals surface area contributed by atoms with E-state index in [2.05, 4.69) is 15.5 Å². The van der Waals surface area contributed by atoms with Crippen molar-refractivity contribution in [1.29, 1.82) is 0 Å². The van der Waals surface area contributed by atoms with Gasteiger partial charge in [-0.3, -0.25) is 15.1 Å². The SMILES string of the molecule is Cc1cccc(C)c1-c1noc(NC(=O)Cc2ccccc2Cl)c1-c1ccncc1. The number of carbonyl (C=O) groups excluding carboxylic acids is 1. The summed E-state index contributed by atoms with van der Waals surface area (Å²) in [5, 5.41) is 7.74. The highest BCUT2D eigenvalue weighted by atomic mass is 35.5. The number of benzene rings is 2. The first-order chi connectivity index (χ1) is 14.5. The van der Waals surface area contributed by atoms with Crippen LogP contribution in [0.1, 0.15) is 16.7 Å². The molecule has 0 saturated heterocycles. The van der Waals surface area contributed by atoms with Crippen LogP contribution >= 0.6 is 11.6 Å². The highest BCUT2D eigenvalue weighted by Gasteiger charge is 2.23. The molecule has 0 fully saturated rings. The molecule has 0 unspecified atom stereocenters. The number of anilines is 1. The third-order valence-electron chi connectivity index (χ3n) is 4.94. The molecular weight excluding hydrogens is 398 g/mol. The summed E-state index contributed by atoms with van der Waals surface area (Å²) in [6.07, 6.45) is 3.53. The van der Waals surface area contributed by atoms with E-state index in [1.165, 1.54) is 0 Å². The van der Waals surface area contributed by atoms with Gasteiger partial charge >= 0.3 is 0 Å². The summed E-state index contributed by atoms with van der Waals surface area (Å²) in [4.78, 5) is 16.8. The van der Waals surface area contributed by atoms with E-state index >= 15 is 0 Å². The van der Waals surface area contributed by atoms with Crippen LogP contribution in [0.4, 0.5) is 5.88 Å². The van der Waals surface area contributed by atoms with E-state index in [0.29, 0.717) is 16.6 Å². The fourth-order valence-electron chi connectivity index (χ4n) is 3.51. The van der Waals surface area contributed by atoms with Crippen molar-refractivity contribution in [3.63, 3.8) is 0 Å². The molecule has 150 valence electrons. The Balaban J connectivity index is 1.75. The molecule has 2 aromatic carbocycles. The fourth-order valence-corrected chi connectivity index (χ4v) is 3.71. The van der Waals surface area contributed by atoms with Gasteiger partial charge in [-0.1, -0.05) is 53.2 Å². The molecule has 5 nitrogen and oxygen atoms in total. The van der Waals surface area contributed by atoms with Crippen molar-refractivity contribution in [2.24, 2.45) is 0 Å². The number of hydrogen-bond donors (Lipinski definition) is 1. The van der Waals surface area contributed by atoms with Crippen molar-refractivity contribution in [1.82, 2.24) is 10.1 Å². The Morgan fingerprint density at radius 3 is 2.37 bits per heavy atom. The molecule has 0 atom stereocenters. The Morgan fingerprint density at radius 2 is 1.67 bits per heavy atom. The predicted octanol–water partition coefficient (Wildman–Crippen LogP) is 5.86. The smallest absolute Gasteiger partial charge is 0.239 e. The molecule has 0 bridgehead atoms. The van der Waals surface area contributed by atoms with Crippen LogP contribution in [0.15, 0.2) is 71.5 Å². The highest BCUT2D eigenvalue weighted by Crippen LogP contribution is 2.40. The van der Waals surface area contributed by atoms with Gasteiger partial charge in [0.15, 0.2) is 0 Å². The Morgan fingerprint density at radius 1 is 0.967 bits per heavy atom. The van der Waals surface area contributed by atoms with E-state index < -0.39 is 0 Å². The van der Waals surface area contributed by atoms with Gasteiger partial charge in [-0.05, 0) is 54.3 Å². The van der Waals surface area contributed by atoms with Crippen molar-refractivity contribution in [2.45, 2.75) is 20.3 Å². The number of carbonyl (C=O) groups is 1. The second-order valence-corrected chi connectivity index (χ2v) is 7.46. The number of nitrogens with one attached hydrogen (secondary N) is 1. The Bertz CT molecular complexity index is 1180. The minimum Gasteiger partial charge on any atom is -0.337 e. The van der Waals surface area contributed by atoms with Crippen LogP contribution < -0.4 is 5.32 Å². The Hall–Kier alpha value is -3.44. The summed E-state index contributed by atoms with van der Waals surface area (Å²) < 4.78 is 5.62. The molecule has 2 heterocycles. The van der Waals surface area contributed by atoms with Gasteiger partial charge in [0, 0.05) is 23.0 Å². The number of hydrogen-bond acceptors (Lipinski definition) is 4. The molecule has 1 N–H and O–H groups in total. The number of aromatic nitrogens is 2. The molecule has 30 heavy (non-hydrogen) atoms. The molecule has 0 aliphatic carbocycles. The van der Waals surface area contributed by atoms with Gasteiger partial charge in [0.2, 0.25) is 11.8 Å². The van der Waals surface area contributed by atoms with Crippen LogP contribution in [0.2, 0.25) is 5.02 Å². The molecule has 0 aliphatic rings. The summed E-state index contributed by atoms with van der Waals surface area (Å²) in [5.41, 5.74) is 6.15. The Labute approximate surface area is 179 Å². The maximum atomic E-state index is 12.7. The van der Waals surface area contributed by atoms with E-state index in [9.17, 15) is 4.79 Å². The lowest BCUT2D eigenvalue weighted by Crippen LogP contribution is -2.14. The van der Waals surface area contributed by atoms with Crippen molar-refractivity contribution in [3.8, 4) is 22.4 Å². The second-order valence-electron chi connectivity index (χ2n) is 7.05. The summed E-state index contributed by atoms with van der Waals surface area (Å²) in [5.74, 6) is 0.0681. The van der Waals surface area contributed by atoms with Gasteiger partial charge in [-0.2, -0.15) is 0 Å². The first kappa shape index (κ1) is 19.9. The summed E-state index contributed by atoms with van der Waals surface area (Å²) in [6, 6.07) is 17.1. The topological polar surface area (TPSA) is 68.0 Å². The zero-order chi connectivity index (χ0) is 21.1. The lowest BCUT2D eigenvalue weighted by atomic mass is 9.95. The molecule has 0 aliphatic heterocycles. The molecule has 1 amide bonds. The molecule has 2 aromatic heterocycles. The van der Waals surface area contributed by atoms with Crippen molar-refractivity contribution in [3.05, 3.63) is 88.7 Å². The van der Waals surface area contributed by atoms with Gasteiger partial charge in [0.05, 0.1) is 12.0 Å². The molecule has 6 heteroatoms. The van der Waals surface area contributed by atoms with Crippen LogP contribution in [0, 0.1) is 13.8 Å². The van der Waals surface area contributed by atoms with E-state index in [0.717, 1.165) is 33.4 Å². The molecular formula is C24H20ClN3O2. The average Bonchev–Trinajstić information content (AvgIpc) is 3.13. The van der Waals surface area contributed by atoms with Gasteiger partial charge in [0.25, 0.3) is 0 Å². The number of halogens is 1. The van der Waals surface area contributed by atoms with Crippen LogP contribution in [-0.2, 0) is 11.2 Å². The maximum absolute atomic E-state index is 12.7. The van der Waals surface area contributed by atoms with E-state index in [1.807, 2.05) is 62.4 Å². The summed E-state index contributed by atoms with van der Waals surface area (Å²) in [7, 11) is 0. The van der Waals surface area contributed by atoms with Crippen LogP contribution in [0.3, 0.4) is 0 Å². The van der Waals surface area contributed by atoms with Crippen LogP contribution in [0.25, 0.3) is 22.4 Å². The number of pyridine rings is 1. The lowest BCUT2D eigenvalue weighted by molar-refractivity contribution is -0.115. The number of amides is 1. The molecule has 0 radical (unpaired) electrons. The zero-order valence-electron chi connectivity index (χ0n) is 16.6. The summed E-state index contributed by atoms with van der Waals surface area (Å²) >= 11 is 6.19. The zero-order valence-corrected chi connectivity index (χ0v) is 17.4. The minimum atomic E-state index is -0.234. The van der Waals surface area contributed by atoms with Gasteiger partial charge in [0.1, 0.15) is 5.69 Å². The van der Waals surface area contributed by atoms with Gasteiger partial charge in [-0.15, -0.1) is 0 Å². The van der Waals surface area contributed by atoms with Gasteiger partial charge < -0.3 is 4.52 Å². The molecule has 4 rings (SSSR count). The molecule has 0 spiro atoms. The van der Waals surface area contributed by atoms with Crippen LogP contribution in [-0.4, -0.2) is 16.0 Å². The Kier molecular flexibility index (Phi) is 5.63. The number of rotatable bonds is 5. The van der Waals surface area contributed by atoms with E-state index in [1.54, 1.807) is 18.5 Å². The van der Waals surface area contributed by atoms with Crippen molar-refractivity contribution < 1.29 is 9.32 Å².